The highest BCUT2D eigenvalue weighted by Gasteiger charge is 2.33. The highest BCUT2D eigenvalue weighted by molar-refractivity contribution is 7.91. The number of nitrogens with one attached hydrogen (secondary N) is 1. The Kier molecular flexibility index (Phi) is 5.52. The first kappa shape index (κ1) is 16.9. The van der Waals surface area contributed by atoms with Gasteiger partial charge in [0.1, 0.15) is 5.82 Å². The zero-order chi connectivity index (χ0) is 15.4. The summed E-state index contributed by atoms with van der Waals surface area (Å²) < 4.78 is 73.4. The summed E-state index contributed by atoms with van der Waals surface area (Å²) in [5, 5.41) is 2.62. The van der Waals surface area contributed by atoms with Crippen molar-refractivity contribution >= 4 is 9.84 Å². The van der Waals surface area contributed by atoms with E-state index in [9.17, 15) is 26.0 Å². The number of halogens is 4. The molecule has 1 rings (SSSR count). The van der Waals surface area contributed by atoms with E-state index < -0.39 is 27.4 Å². The van der Waals surface area contributed by atoms with E-state index in [1.54, 1.807) is 0 Å². The van der Waals surface area contributed by atoms with Crippen LogP contribution in [0.5, 0.6) is 0 Å². The van der Waals surface area contributed by atoms with Crippen LogP contribution in [0.25, 0.3) is 0 Å². The van der Waals surface area contributed by atoms with Crippen LogP contribution < -0.4 is 5.32 Å². The monoisotopic (exact) mass is 313 g/mol. The summed E-state index contributed by atoms with van der Waals surface area (Å²) >= 11 is 0. The average Bonchev–Trinajstić information content (AvgIpc) is 2.35. The van der Waals surface area contributed by atoms with Gasteiger partial charge in [0.05, 0.1) is 11.3 Å². The Balaban J connectivity index is 2.69. The van der Waals surface area contributed by atoms with Crippen molar-refractivity contribution in [1.82, 2.24) is 5.32 Å². The molecule has 0 heterocycles. The third-order valence-electron chi connectivity index (χ3n) is 2.72. The topological polar surface area (TPSA) is 46.2 Å². The van der Waals surface area contributed by atoms with Gasteiger partial charge in [0, 0.05) is 18.8 Å². The minimum atomic E-state index is -4.64. The summed E-state index contributed by atoms with van der Waals surface area (Å²) in [4.78, 5) is 0. The van der Waals surface area contributed by atoms with Gasteiger partial charge in [0.25, 0.3) is 0 Å². The SMILES string of the molecule is CCS(=O)(=O)CCNCc1ccc(F)cc1C(F)(F)F. The molecule has 0 aliphatic rings. The lowest BCUT2D eigenvalue weighted by atomic mass is 10.1. The predicted molar refractivity (Wildman–Crippen MR) is 67.4 cm³/mol. The molecule has 0 unspecified atom stereocenters. The van der Waals surface area contributed by atoms with Crippen LogP contribution in [-0.2, 0) is 22.6 Å². The maximum absolute atomic E-state index is 12.9. The van der Waals surface area contributed by atoms with Crippen molar-refractivity contribution in [3.8, 4) is 0 Å². The Hall–Kier alpha value is -1.15. The van der Waals surface area contributed by atoms with Crippen molar-refractivity contribution in [3.63, 3.8) is 0 Å². The number of benzene rings is 1. The molecule has 1 N–H and O–H groups in total. The van der Waals surface area contributed by atoms with Crippen molar-refractivity contribution in [1.29, 1.82) is 0 Å². The molecule has 0 aromatic heterocycles. The molecule has 0 bridgehead atoms. The number of sulfone groups is 1. The smallest absolute Gasteiger partial charge is 0.312 e. The molecule has 0 aliphatic carbocycles. The van der Waals surface area contributed by atoms with E-state index in [1.165, 1.54) is 6.92 Å². The molecule has 0 atom stereocenters. The van der Waals surface area contributed by atoms with Crippen LogP contribution in [0.3, 0.4) is 0 Å². The first-order valence-corrected chi connectivity index (χ1v) is 7.74. The van der Waals surface area contributed by atoms with Gasteiger partial charge in [0.15, 0.2) is 9.84 Å². The van der Waals surface area contributed by atoms with Gasteiger partial charge < -0.3 is 5.32 Å². The molecular weight excluding hydrogens is 298 g/mol. The van der Waals surface area contributed by atoms with Crippen LogP contribution in [-0.4, -0.2) is 26.5 Å². The zero-order valence-corrected chi connectivity index (χ0v) is 11.6. The van der Waals surface area contributed by atoms with Gasteiger partial charge in [-0.1, -0.05) is 13.0 Å². The highest BCUT2D eigenvalue weighted by atomic mass is 32.2. The van der Waals surface area contributed by atoms with Gasteiger partial charge in [-0.3, -0.25) is 0 Å². The Labute approximate surface area is 114 Å². The quantitative estimate of drug-likeness (QED) is 0.648. The van der Waals surface area contributed by atoms with Crippen molar-refractivity contribution in [3.05, 3.63) is 35.1 Å². The fraction of sp³-hybridized carbons (Fsp3) is 0.500. The van der Waals surface area contributed by atoms with Crippen LogP contribution in [0.1, 0.15) is 18.1 Å². The molecule has 0 fully saturated rings. The van der Waals surface area contributed by atoms with Gasteiger partial charge >= 0.3 is 6.18 Å². The molecule has 0 radical (unpaired) electrons. The lowest BCUT2D eigenvalue weighted by molar-refractivity contribution is -0.138. The van der Waals surface area contributed by atoms with Gasteiger partial charge in [-0.2, -0.15) is 13.2 Å². The lowest BCUT2D eigenvalue weighted by Gasteiger charge is -2.13. The lowest BCUT2D eigenvalue weighted by Crippen LogP contribution is -2.24. The van der Waals surface area contributed by atoms with E-state index >= 15 is 0 Å². The van der Waals surface area contributed by atoms with Gasteiger partial charge in [0.2, 0.25) is 0 Å². The number of hydrogen-bond donors (Lipinski definition) is 1. The highest BCUT2D eigenvalue weighted by Crippen LogP contribution is 2.32. The molecule has 0 aliphatic heterocycles. The standard InChI is InChI=1S/C12H15F4NO2S/c1-2-20(18,19)6-5-17-8-9-3-4-10(13)7-11(9)12(14,15)16/h3-4,7,17H,2,5-6,8H2,1H3. The third kappa shape index (κ3) is 5.09. The van der Waals surface area contributed by atoms with Gasteiger partial charge in [-0.15, -0.1) is 0 Å². The summed E-state index contributed by atoms with van der Waals surface area (Å²) in [6.45, 7) is 1.37. The predicted octanol–water partition coefficient (Wildman–Crippen LogP) is 2.37. The molecule has 0 spiro atoms. The summed E-state index contributed by atoms with van der Waals surface area (Å²) in [5.41, 5.74) is -1.17. The van der Waals surface area contributed by atoms with Gasteiger partial charge in [-0.05, 0) is 17.7 Å². The Morgan fingerprint density at radius 3 is 2.45 bits per heavy atom. The molecule has 0 saturated heterocycles. The second kappa shape index (κ2) is 6.53. The largest absolute Gasteiger partial charge is 0.416 e. The van der Waals surface area contributed by atoms with Crippen molar-refractivity contribution in [2.45, 2.75) is 19.6 Å². The van der Waals surface area contributed by atoms with Crippen molar-refractivity contribution in [2.75, 3.05) is 18.1 Å². The van der Waals surface area contributed by atoms with E-state index in [0.29, 0.717) is 6.07 Å². The summed E-state index contributed by atoms with van der Waals surface area (Å²) in [6.07, 6.45) is -4.64. The molecule has 0 amide bonds. The fourth-order valence-electron chi connectivity index (χ4n) is 1.56. The second-order valence-corrected chi connectivity index (χ2v) is 6.69. The molecular formula is C12H15F4NO2S. The summed E-state index contributed by atoms with van der Waals surface area (Å²) in [6, 6.07) is 2.41. The van der Waals surface area contributed by atoms with E-state index in [2.05, 4.69) is 5.32 Å². The summed E-state index contributed by atoms with van der Waals surface area (Å²) in [5.74, 6) is -1.12. The molecule has 20 heavy (non-hydrogen) atoms. The third-order valence-corrected chi connectivity index (χ3v) is 4.43. The minimum absolute atomic E-state index is 0.0149. The van der Waals surface area contributed by atoms with Crippen molar-refractivity contribution in [2.24, 2.45) is 0 Å². The van der Waals surface area contributed by atoms with Crippen LogP contribution >= 0.6 is 0 Å². The number of hydrogen-bond acceptors (Lipinski definition) is 3. The normalized spacial score (nSPS) is 12.7. The first-order valence-electron chi connectivity index (χ1n) is 5.92. The van der Waals surface area contributed by atoms with Crippen molar-refractivity contribution < 1.29 is 26.0 Å². The zero-order valence-electron chi connectivity index (χ0n) is 10.8. The average molecular weight is 313 g/mol. The molecule has 114 valence electrons. The van der Waals surface area contributed by atoms with Crippen LogP contribution in [0.4, 0.5) is 17.6 Å². The number of alkyl halides is 3. The molecule has 1 aromatic rings. The van der Waals surface area contributed by atoms with E-state index in [4.69, 9.17) is 0 Å². The summed E-state index contributed by atoms with van der Waals surface area (Å²) in [7, 11) is -3.16. The van der Waals surface area contributed by atoms with Crippen LogP contribution in [0.2, 0.25) is 0 Å². The van der Waals surface area contributed by atoms with Crippen LogP contribution in [0.15, 0.2) is 18.2 Å². The van der Waals surface area contributed by atoms with E-state index in [-0.39, 0.29) is 30.2 Å². The number of rotatable bonds is 6. The maximum atomic E-state index is 12.9. The maximum Gasteiger partial charge on any atom is 0.416 e. The molecule has 8 heteroatoms. The Morgan fingerprint density at radius 1 is 1.25 bits per heavy atom. The fourth-order valence-corrected chi connectivity index (χ4v) is 2.31. The first-order chi connectivity index (χ1) is 9.15. The Bertz CT molecular complexity index is 555. The Morgan fingerprint density at radius 2 is 1.90 bits per heavy atom. The molecule has 0 saturated carbocycles. The second-order valence-electron chi connectivity index (χ2n) is 4.21. The van der Waals surface area contributed by atoms with E-state index in [1.807, 2.05) is 0 Å². The van der Waals surface area contributed by atoms with Crippen LogP contribution in [0, 0.1) is 5.82 Å². The minimum Gasteiger partial charge on any atom is -0.312 e. The molecule has 1 aromatic carbocycles. The molecule has 3 nitrogen and oxygen atoms in total. The van der Waals surface area contributed by atoms with E-state index in [0.717, 1.165) is 12.1 Å². The van der Waals surface area contributed by atoms with Gasteiger partial charge in [-0.25, -0.2) is 12.8 Å².